The fraction of sp³-hybridized carbons (Fsp3) is 0.462. The summed E-state index contributed by atoms with van der Waals surface area (Å²) in [5.41, 5.74) is -0.744. The lowest BCUT2D eigenvalue weighted by Gasteiger charge is -2.45. The summed E-state index contributed by atoms with van der Waals surface area (Å²) in [6, 6.07) is 1.35. The number of rotatable bonds is 2. The molecule has 0 aliphatic carbocycles. The molecular weight excluding hydrogens is 282 g/mol. The van der Waals surface area contributed by atoms with Gasteiger partial charge in [-0.1, -0.05) is 11.6 Å². The van der Waals surface area contributed by atoms with Gasteiger partial charge in [0.2, 0.25) is 5.91 Å². The minimum atomic E-state index is -1.08. The third kappa shape index (κ3) is 2.31. The van der Waals surface area contributed by atoms with Crippen molar-refractivity contribution in [3.8, 4) is 0 Å². The molecular formula is C13H16ClN3O3. The Morgan fingerprint density at radius 3 is 2.65 bits per heavy atom. The van der Waals surface area contributed by atoms with Gasteiger partial charge in [-0.05, 0) is 19.9 Å². The van der Waals surface area contributed by atoms with Crippen molar-refractivity contribution in [2.75, 3.05) is 25.0 Å². The van der Waals surface area contributed by atoms with E-state index in [1.165, 1.54) is 12.3 Å². The van der Waals surface area contributed by atoms with Crippen molar-refractivity contribution < 1.29 is 14.7 Å². The Balaban J connectivity index is 2.41. The number of carboxylic acid groups (broad SMARTS) is 1. The number of aromatic carboxylic acids is 1. The van der Waals surface area contributed by atoms with Gasteiger partial charge in [-0.2, -0.15) is 0 Å². The van der Waals surface area contributed by atoms with Gasteiger partial charge >= 0.3 is 5.97 Å². The number of halogens is 1. The van der Waals surface area contributed by atoms with Crippen LogP contribution >= 0.6 is 11.6 Å². The summed E-state index contributed by atoms with van der Waals surface area (Å²) in [5, 5.41) is 9.15. The van der Waals surface area contributed by atoms with Crippen molar-refractivity contribution in [3.63, 3.8) is 0 Å². The van der Waals surface area contributed by atoms with Gasteiger partial charge < -0.3 is 14.9 Å². The molecule has 0 atom stereocenters. The lowest BCUT2D eigenvalue weighted by molar-refractivity contribution is -0.136. The number of pyridine rings is 1. The topological polar surface area (TPSA) is 73.7 Å². The van der Waals surface area contributed by atoms with E-state index in [-0.39, 0.29) is 16.5 Å². The van der Waals surface area contributed by atoms with Crippen molar-refractivity contribution in [3.05, 3.63) is 22.8 Å². The molecule has 0 bridgehead atoms. The van der Waals surface area contributed by atoms with Crippen LogP contribution in [-0.4, -0.2) is 52.5 Å². The normalized spacial score (nSPS) is 18.3. The standard InChI is InChI=1S/C13H16ClN3O3/c1-13(2)12(20)16(3)4-5-17(13)10-9(14)6-8(7-15-10)11(18)19/h6-7H,4-5H2,1-3H3,(H,18,19). The van der Waals surface area contributed by atoms with Crippen LogP contribution in [0.3, 0.4) is 0 Å². The van der Waals surface area contributed by atoms with Gasteiger partial charge in [-0.3, -0.25) is 4.79 Å². The maximum atomic E-state index is 12.2. The maximum absolute atomic E-state index is 12.2. The van der Waals surface area contributed by atoms with Gasteiger partial charge in [0.25, 0.3) is 0 Å². The molecule has 2 rings (SSSR count). The fourth-order valence-electron chi connectivity index (χ4n) is 2.33. The molecule has 0 spiro atoms. The number of aromatic nitrogens is 1. The van der Waals surface area contributed by atoms with E-state index >= 15 is 0 Å². The Morgan fingerprint density at radius 1 is 1.45 bits per heavy atom. The molecule has 7 heteroatoms. The van der Waals surface area contributed by atoms with Crippen molar-refractivity contribution >= 4 is 29.3 Å². The first-order valence-corrected chi connectivity index (χ1v) is 6.55. The van der Waals surface area contributed by atoms with Crippen LogP contribution in [0.25, 0.3) is 0 Å². The molecule has 1 aromatic rings. The average Bonchev–Trinajstić information content (AvgIpc) is 2.37. The van der Waals surface area contributed by atoms with E-state index < -0.39 is 11.5 Å². The molecule has 1 saturated heterocycles. The number of likely N-dealkylation sites (N-methyl/N-ethyl adjacent to an activating group) is 1. The van der Waals surface area contributed by atoms with E-state index in [4.69, 9.17) is 16.7 Å². The van der Waals surface area contributed by atoms with E-state index in [2.05, 4.69) is 4.98 Å². The zero-order chi connectivity index (χ0) is 15.1. The van der Waals surface area contributed by atoms with Crippen molar-refractivity contribution in [1.29, 1.82) is 0 Å². The number of carboxylic acids is 1. The number of hydrogen-bond donors (Lipinski definition) is 1. The molecule has 1 aliphatic heterocycles. The molecule has 2 heterocycles. The highest BCUT2D eigenvalue weighted by Gasteiger charge is 2.41. The average molecular weight is 298 g/mol. The molecule has 1 aromatic heterocycles. The molecule has 1 N–H and O–H groups in total. The Bertz CT molecular complexity index is 574. The first kappa shape index (κ1) is 14.6. The molecule has 0 saturated carbocycles. The van der Waals surface area contributed by atoms with Crippen molar-refractivity contribution in [1.82, 2.24) is 9.88 Å². The summed E-state index contributed by atoms with van der Waals surface area (Å²) in [6.07, 6.45) is 1.25. The second-order valence-corrected chi connectivity index (χ2v) is 5.68. The molecule has 1 amide bonds. The molecule has 108 valence electrons. The minimum absolute atomic E-state index is 0.0241. The smallest absolute Gasteiger partial charge is 0.337 e. The number of carbonyl (C=O) groups excluding carboxylic acids is 1. The SMILES string of the molecule is CN1CCN(c2ncc(C(=O)O)cc2Cl)C(C)(C)C1=O. The molecule has 6 nitrogen and oxygen atoms in total. The van der Waals surface area contributed by atoms with Gasteiger partial charge in [0.15, 0.2) is 0 Å². The fourth-order valence-corrected chi connectivity index (χ4v) is 2.60. The molecule has 1 aliphatic rings. The largest absolute Gasteiger partial charge is 0.478 e. The van der Waals surface area contributed by atoms with Crippen molar-refractivity contribution in [2.24, 2.45) is 0 Å². The van der Waals surface area contributed by atoms with E-state index in [0.29, 0.717) is 18.9 Å². The van der Waals surface area contributed by atoms with Crippen LogP contribution in [0.4, 0.5) is 5.82 Å². The number of hydrogen-bond acceptors (Lipinski definition) is 4. The van der Waals surface area contributed by atoms with Crippen LogP contribution in [0.2, 0.25) is 5.02 Å². The first-order valence-electron chi connectivity index (χ1n) is 6.17. The minimum Gasteiger partial charge on any atom is -0.478 e. The van der Waals surface area contributed by atoms with Crippen LogP contribution in [0.1, 0.15) is 24.2 Å². The monoisotopic (exact) mass is 297 g/mol. The highest BCUT2D eigenvalue weighted by atomic mass is 35.5. The summed E-state index contributed by atoms with van der Waals surface area (Å²) >= 11 is 6.13. The Kier molecular flexibility index (Phi) is 3.60. The summed E-state index contributed by atoms with van der Waals surface area (Å²) in [5.74, 6) is -0.674. The lowest BCUT2D eigenvalue weighted by Crippen LogP contribution is -2.62. The highest BCUT2D eigenvalue weighted by Crippen LogP contribution is 2.32. The van der Waals surface area contributed by atoms with Crippen molar-refractivity contribution in [2.45, 2.75) is 19.4 Å². The predicted octanol–water partition coefficient (Wildman–Crippen LogP) is 1.49. The zero-order valence-electron chi connectivity index (χ0n) is 11.6. The molecule has 20 heavy (non-hydrogen) atoms. The van der Waals surface area contributed by atoms with Gasteiger partial charge in [-0.15, -0.1) is 0 Å². The summed E-state index contributed by atoms with van der Waals surface area (Å²) < 4.78 is 0. The second-order valence-electron chi connectivity index (χ2n) is 5.27. The summed E-state index contributed by atoms with van der Waals surface area (Å²) in [4.78, 5) is 30.7. The van der Waals surface area contributed by atoms with E-state index in [1.807, 2.05) is 4.90 Å². The van der Waals surface area contributed by atoms with Gasteiger partial charge in [-0.25, -0.2) is 9.78 Å². The molecule has 0 unspecified atom stereocenters. The zero-order valence-corrected chi connectivity index (χ0v) is 12.3. The second kappa shape index (κ2) is 4.94. The van der Waals surface area contributed by atoms with Crippen LogP contribution in [0.5, 0.6) is 0 Å². The summed E-state index contributed by atoms with van der Waals surface area (Å²) in [6.45, 7) is 4.76. The number of carbonyl (C=O) groups is 2. The number of amides is 1. The number of nitrogens with zero attached hydrogens (tertiary/aromatic N) is 3. The molecule has 0 aromatic carbocycles. The van der Waals surface area contributed by atoms with Gasteiger partial charge in [0, 0.05) is 26.3 Å². The Labute approximate surface area is 122 Å². The van der Waals surface area contributed by atoms with Crippen LogP contribution in [0, 0.1) is 0 Å². The molecule has 0 radical (unpaired) electrons. The third-order valence-electron chi connectivity index (χ3n) is 3.53. The summed E-state index contributed by atoms with van der Waals surface area (Å²) in [7, 11) is 1.75. The Morgan fingerprint density at radius 2 is 2.10 bits per heavy atom. The van der Waals surface area contributed by atoms with Crippen LogP contribution in [0.15, 0.2) is 12.3 Å². The van der Waals surface area contributed by atoms with Crippen LogP contribution in [-0.2, 0) is 4.79 Å². The number of piperazine rings is 1. The third-order valence-corrected chi connectivity index (χ3v) is 3.81. The maximum Gasteiger partial charge on any atom is 0.337 e. The van der Waals surface area contributed by atoms with Gasteiger partial charge in [0.05, 0.1) is 10.6 Å². The van der Waals surface area contributed by atoms with Gasteiger partial charge in [0.1, 0.15) is 11.4 Å². The quantitative estimate of drug-likeness (QED) is 0.895. The first-order chi connectivity index (χ1) is 9.25. The van der Waals surface area contributed by atoms with Crippen LogP contribution < -0.4 is 4.90 Å². The molecule has 1 fully saturated rings. The highest BCUT2D eigenvalue weighted by molar-refractivity contribution is 6.33. The lowest BCUT2D eigenvalue weighted by atomic mass is 9.97. The Hall–Kier alpha value is -1.82. The number of anilines is 1. The predicted molar refractivity (Wildman–Crippen MR) is 75.3 cm³/mol. The van der Waals surface area contributed by atoms with E-state index in [9.17, 15) is 9.59 Å². The van der Waals surface area contributed by atoms with E-state index in [1.54, 1.807) is 25.8 Å². The van der Waals surface area contributed by atoms with E-state index in [0.717, 1.165) is 0 Å².